The highest BCUT2D eigenvalue weighted by Gasteiger charge is 2.14. The van der Waals surface area contributed by atoms with Gasteiger partial charge in [0.05, 0.1) is 5.69 Å². The third-order valence-electron chi connectivity index (χ3n) is 3.51. The van der Waals surface area contributed by atoms with Gasteiger partial charge in [-0.15, -0.1) is 0 Å². The number of aromatic nitrogens is 1. The molecule has 1 N–H and O–H groups in total. The molecule has 0 aliphatic carbocycles. The number of nitrogens with zero attached hydrogens (tertiary/aromatic N) is 1. The lowest BCUT2D eigenvalue weighted by molar-refractivity contribution is 0.264. The minimum Gasteiger partial charge on any atom is -0.489 e. The summed E-state index contributed by atoms with van der Waals surface area (Å²) >= 11 is 0. The Hall–Kier alpha value is -2.26. The summed E-state index contributed by atoms with van der Waals surface area (Å²) in [4.78, 5) is 5.60. The Morgan fingerprint density at radius 1 is 0.952 bits per heavy atom. The molecule has 2 aromatic carbocycles. The first-order valence-corrected chi connectivity index (χ1v) is 7.19. The molecule has 0 atom stereocenters. The number of nitrogens with one attached hydrogen (secondary N) is 1. The maximum Gasteiger partial charge on any atom is 0.152 e. The number of ether oxygens (including phenoxy) is 1. The van der Waals surface area contributed by atoms with Gasteiger partial charge in [0.15, 0.2) is 5.75 Å². The molecule has 3 nitrogen and oxygen atoms in total. The summed E-state index contributed by atoms with van der Waals surface area (Å²) in [5, 5.41) is 1.13. The summed E-state index contributed by atoms with van der Waals surface area (Å²) in [6.07, 6.45) is 0. The number of hydrogen-bond acceptors (Lipinski definition) is 2. The van der Waals surface area contributed by atoms with Crippen LogP contribution in [0.1, 0.15) is 0 Å². The van der Waals surface area contributed by atoms with E-state index in [-0.39, 0.29) is 0 Å². The minimum atomic E-state index is 0.675. The third kappa shape index (κ3) is 2.93. The van der Waals surface area contributed by atoms with Crippen molar-refractivity contribution in [2.75, 3.05) is 27.2 Å². The number of rotatable bonds is 5. The maximum absolute atomic E-state index is 6.08. The predicted molar refractivity (Wildman–Crippen MR) is 87.8 cm³/mol. The molecule has 0 amide bonds. The monoisotopic (exact) mass is 280 g/mol. The molecule has 3 heteroatoms. The number of aromatic amines is 1. The summed E-state index contributed by atoms with van der Waals surface area (Å²) in [7, 11) is 4.10. The molecule has 0 bridgehead atoms. The highest BCUT2D eigenvalue weighted by molar-refractivity contribution is 5.94. The minimum absolute atomic E-state index is 0.675. The van der Waals surface area contributed by atoms with E-state index in [1.165, 1.54) is 0 Å². The molecular weight excluding hydrogens is 260 g/mol. The fourth-order valence-corrected chi connectivity index (χ4v) is 2.40. The first kappa shape index (κ1) is 13.7. The maximum atomic E-state index is 6.08. The van der Waals surface area contributed by atoms with E-state index < -0.39 is 0 Å². The molecule has 1 heterocycles. The molecule has 3 rings (SSSR count). The Bertz CT molecular complexity index is 716. The Kier molecular flexibility index (Phi) is 3.93. The molecule has 0 fully saturated rings. The molecule has 3 aromatic rings. The zero-order valence-corrected chi connectivity index (χ0v) is 12.5. The van der Waals surface area contributed by atoms with E-state index in [9.17, 15) is 0 Å². The quantitative estimate of drug-likeness (QED) is 0.770. The molecule has 0 aliphatic rings. The topological polar surface area (TPSA) is 28.3 Å². The standard InChI is InChI=1S/C18H20N2O/c1-20(2)12-13-21-18-15-10-6-7-11-16(15)19-17(18)14-8-4-3-5-9-14/h3-11,19H,12-13H2,1-2H3. The van der Waals surface area contributed by atoms with Gasteiger partial charge in [-0.05, 0) is 26.2 Å². The first-order valence-electron chi connectivity index (χ1n) is 7.19. The second kappa shape index (κ2) is 6.02. The summed E-state index contributed by atoms with van der Waals surface area (Å²) < 4.78 is 6.08. The van der Waals surface area contributed by atoms with E-state index in [2.05, 4.69) is 48.2 Å². The van der Waals surface area contributed by atoms with E-state index in [1.54, 1.807) is 0 Å². The van der Waals surface area contributed by atoms with Crippen molar-refractivity contribution in [1.82, 2.24) is 9.88 Å². The fraction of sp³-hybridized carbons (Fsp3) is 0.222. The van der Waals surface area contributed by atoms with Gasteiger partial charge in [-0.25, -0.2) is 0 Å². The highest BCUT2D eigenvalue weighted by atomic mass is 16.5. The Morgan fingerprint density at radius 2 is 1.67 bits per heavy atom. The van der Waals surface area contributed by atoms with Crippen molar-refractivity contribution in [2.24, 2.45) is 0 Å². The van der Waals surface area contributed by atoms with Crippen molar-refractivity contribution < 1.29 is 4.74 Å². The molecule has 0 saturated heterocycles. The smallest absolute Gasteiger partial charge is 0.152 e. The molecule has 1 aromatic heterocycles. The SMILES string of the molecule is CN(C)CCOc1c(-c2ccccc2)[nH]c2ccccc12. The van der Waals surface area contributed by atoms with E-state index >= 15 is 0 Å². The predicted octanol–water partition coefficient (Wildman–Crippen LogP) is 3.78. The number of H-pyrrole nitrogens is 1. The zero-order valence-electron chi connectivity index (χ0n) is 12.5. The lowest BCUT2D eigenvalue weighted by atomic mass is 10.1. The van der Waals surface area contributed by atoms with E-state index in [1.807, 2.05) is 30.3 Å². The van der Waals surface area contributed by atoms with Gasteiger partial charge >= 0.3 is 0 Å². The van der Waals surface area contributed by atoms with Gasteiger partial charge in [0.25, 0.3) is 0 Å². The molecule has 0 spiro atoms. The van der Waals surface area contributed by atoms with E-state index in [4.69, 9.17) is 4.74 Å². The fourth-order valence-electron chi connectivity index (χ4n) is 2.40. The van der Waals surface area contributed by atoms with Crippen LogP contribution >= 0.6 is 0 Å². The third-order valence-corrected chi connectivity index (χ3v) is 3.51. The van der Waals surface area contributed by atoms with Crippen LogP contribution in [0.4, 0.5) is 0 Å². The molecule has 0 aliphatic heterocycles. The van der Waals surface area contributed by atoms with Crippen LogP contribution in [0.3, 0.4) is 0 Å². The highest BCUT2D eigenvalue weighted by Crippen LogP contribution is 2.36. The van der Waals surface area contributed by atoms with Crippen LogP contribution in [0.25, 0.3) is 22.2 Å². The van der Waals surface area contributed by atoms with Crippen molar-refractivity contribution >= 4 is 10.9 Å². The Balaban J connectivity index is 2.02. The summed E-state index contributed by atoms with van der Waals surface area (Å²) in [5.41, 5.74) is 3.31. The second-order valence-electron chi connectivity index (χ2n) is 5.39. The largest absolute Gasteiger partial charge is 0.489 e. The Labute approximate surface area is 125 Å². The molecule has 0 unspecified atom stereocenters. The van der Waals surface area contributed by atoms with Gasteiger partial charge in [-0.3, -0.25) is 0 Å². The van der Waals surface area contributed by atoms with Crippen LogP contribution in [0.15, 0.2) is 54.6 Å². The molecule has 21 heavy (non-hydrogen) atoms. The lowest BCUT2D eigenvalue weighted by Crippen LogP contribution is -2.19. The average molecular weight is 280 g/mol. The number of hydrogen-bond donors (Lipinski definition) is 1. The molecule has 0 saturated carbocycles. The van der Waals surface area contributed by atoms with Crippen LogP contribution < -0.4 is 4.74 Å². The normalized spacial score (nSPS) is 11.2. The van der Waals surface area contributed by atoms with Crippen molar-refractivity contribution in [3.05, 3.63) is 54.6 Å². The zero-order chi connectivity index (χ0) is 14.7. The van der Waals surface area contributed by atoms with E-state index in [0.29, 0.717) is 6.61 Å². The van der Waals surface area contributed by atoms with Gasteiger partial charge in [-0.2, -0.15) is 0 Å². The molecular formula is C18H20N2O. The van der Waals surface area contributed by atoms with Crippen LogP contribution in [-0.2, 0) is 0 Å². The van der Waals surface area contributed by atoms with Gasteiger partial charge in [0.2, 0.25) is 0 Å². The number of fused-ring (bicyclic) bond motifs is 1. The van der Waals surface area contributed by atoms with Crippen molar-refractivity contribution in [2.45, 2.75) is 0 Å². The van der Waals surface area contributed by atoms with Crippen LogP contribution in [0, 0.1) is 0 Å². The first-order chi connectivity index (χ1) is 10.3. The Morgan fingerprint density at radius 3 is 2.43 bits per heavy atom. The molecule has 0 radical (unpaired) electrons. The van der Waals surface area contributed by atoms with Crippen LogP contribution in [0.2, 0.25) is 0 Å². The van der Waals surface area contributed by atoms with Crippen LogP contribution in [0.5, 0.6) is 5.75 Å². The van der Waals surface area contributed by atoms with Crippen molar-refractivity contribution in [3.63, 3.8) is 0 Å². The average Bonchev–Trinajstić information content (AvgIpc) is 2.87. The van der Waals surface area contributed by atoms with Gasteiger partial charge in [0, 0.05) is 23.0 Å². The second-order valence-corrected chi connectivity index (χ2v) is 5.39. The van der Waals surface area contributed by atoms with Gasteiger partial charge in [0.1, 0.15) is 6.61 Å². The summed E-state index contributed by atoms with van der Waals surface area (Å²) in [5.74, 6) is 0.943. The number of benzene rings is 2. The molecule has 108 valence electrons. The van der Waals surface area contributed by atoms with Gasteiger partial charge in [-0.1, -0.05) is 42.5 Å². The van der Waals surface area contributed by atoms with Crippen molar-refractivity contribution in [3.8, 4) is 17.0 Å². The van der Waals surface area contributed by atoms with Gasteiger partial charge < -0.3 is 14.6 Å². The number of likely N-dealkylation sites (N-methyl/N-ethyl adjacent to an activating group) is 1. The van der Waals surface area contributed by atoms with E-state index in [0.717, 1.165) is 34.5 Å². The number of para-hydroxylation sites is 1. The lowest BCUT2D eigenvalue weighted by Gasteiger charge is -2.12. The van der Waals surface area contributed by atoms with Crippen LogP contribution in [-0.4, -0.2) is 37.1 Å². The summed E-state index contributed by atoms with van der Waals surface area (Å²) in [6.45, 7) is 1.57. The van der Waals surface area contributed by atoms with Crippen molar-refractivity contribution in [1.29, 1.82) is 0 Å². The summed E-state index contributed by atoms with van der Waals surface area (Å²) in [6, 6.07) is 18.6.